The van der Waals surface area contributed by atoms with E-state index in [0.29, 0.717) is 31.4 Å². The molecule has 4 nitrogen and oxygen atoms in total. The summed E-state index contributed by atoms with van der Waals surface area (Å²) in [4.78, 5) is 0. The summed E-state index contributed by atoms with van der Waals surface area (Å²) in [5, 5.41) is 12.6. The summed E-state index contributed by atoms with van der Waals surface area (Å²) in [7, 11) is 0. The Bertz CT molecular complexity index is 596. The van der Waals surface area contributed by atoms with Gasteiger partial charge >= 0.3 is 0 Å². The van der Waals surface area contributed by atoms with E-state index in [1.54, 1.807) is 0 Å². The minimum Gasteiger partial charge on any atom is -0.489 e. The summed E-state index contributed by atoms with van der Waals surface area (Å²) in [6.45, 7) is 2.86. The van der Waals surface area contributed by atoms with Gasteiger partial charge in [0.25, 0.3) is 0 Å². The summed E-state index contributed by atoms with van der Waals surface area (Å²) in [6.07, 6.45) is 0. The van der Waals surface area contributed by atoms with Crippen LogP contribution in [0.5, 0.6) is 5.75 Å². The van der Waals surface area contributed by atoms with Crippen molar-refractivity contribution in [1.29, 1.82) is 0 Å². The van der Waals surface area contributed by atoms with Crippen molar-refractivity contribution in [3.05, 3.63) is 64.7 Å². The molecule has 2 rings (SSSR count). The minimum atomic E-state index is 0. The molecule has 0 aliphatic heterocycles. The largest absolute Gasteiger partial charge is 0.489 e. The van der Waals surface area contributed by atoms with E-state index in [1.807, 2.05) is 48.5 Å². The molecule has 0 aliphatic carbocycles. The van der Waals surface area contributed by atoms with E-state index in [0.717, 1.165) is 23.4 Å². The zero-order chi connectivity index (χ0) is 16.3. The normalized spacial score (nSPS) is 10.2. The van der Waals surface area contributed by atoms with Crippen molar-refractivity contribution >= 4 is 24.0 Å². The molecule has 0 atom stereocenters. The van der Waals surface area contributed by atoms with Gasteiger partial charge in [0, 0.05) is 29.2 Å². The SMILES string of the molecule is Cl.OCCOCCNCc1ccccc1OCc1ccccc1Cl. The maximum absolute atomic E-state index is 8.64. The molecule has 0 fully saturated rings. The van der Waals surface area contributed by atoms with Gasteiger partial charge in [0.05, 0.1) is 19.8 Å². The standard InChI is InChI=1S/C18H22ClNO3.ClH/c19-17-7-3-1-6-16(17)14-23-18-8-4-2-5-15(18)13-20-9-11-22-12-10-21;/h1-8,20-21H,9-14H2;1H. The monoisotopic (exact) mass is 371 g/mol. The molecule has 2 aromatic carbocycles. The molecule has 0 saturated carbocycles. The van der Waals surface area contributed by atoms with Crippen LogP contribution in [0.3, 0.4) is 0 Å². The third-order valence-electron chi connectivity index (χ3n) is 3.29. The molecule has 0 saturated heterocycles. The predicted molar refractivity (Wildman–Crippen MR) is 99.1 cm³/mol. The van der Waals surface area contributed by atoms with E-state index in [4.69, 9.17) is 26.2 Å². The van der Waals surface area contributed by atoms with Crippen LogP contribution < -0.4 is 10.1 Å². The second kappa shape index (κ2) is 12.1. The molecule has 0 aliphatic rings. The number of nitrogens with one attached hydrogen (secondary N) is 1. The van der Waals surface area contributed by atoms with Crippen molar-refractivity contribution in [3.63, 3.8) is 0 Å². The first-order valence-corrected chi connectivity index (χ1v) is 8.02. The first kappa shape index (κ1) is 20.7. The lowest BCUT2D eigenvalue weighted by Gasteiger charge is -2.13. The van der Waals surface area contributed by atoms with Crippen LogP contribution in [0.25, 0.3) is 0 Å². The molecular weight excluding hydrogens is 349 g/mol. The Kier molecular flexibility index (Phi) is 10.5. The van der Waals surface area contributed by atoms with Gasteiger partial charge < -0.3 is 19.9 Å². The van der Waals surface area contributed by atoms with Gasteiger partial charge in [-0.05, 0) is 12.1 Å². The molecule has 0 unspecified atom stereocenters. The molecule has 0 bridgehead atoms. The van der Waals surface area contributed by atoms with E-state index in [2.05, 4.69) is 5.32 Å². The highest BCUT2D eigenvalue weighted by Crippen LogP contribution is 2.21. The van der Waals surface area contributed by atoms with Gasteiger partial charge in [0.1, 0.15) is 12.4 Å². The fourth-order valence-corrected chi connectivity index (χ4v) is 2.29. The van der Waals surface area contributed by atoms with Crippen LogP contribution in [-0.2, 0) is 17.9 Å². The van der Waals surface area contributed by atoms with Crippen LogP contribution in [0.4, 0.5) is 0 Å². The number of aliphatic hydroxyl groups excluding tert-OH is 1. The zero-order valence-electron chi connectivity index (χ0n) is 13.4. The maximum atomic E-state index is 8.64. The molecule has 2 N–H and O–H groups in total. The molecule has 0 heterocycles. The van der Waals surface area contributed by atoms with Gasteiger partial charge in [0.15, 0.2) is 0 Å². The third-order valence-corrected chi connectivity index (χ3v) is 3.66. The van der Waals surface area contributed by atoms with Gasteiger partial charge in [-0.2, -0.15) is 0 Å². The lowest BCUT2D eigenvalue weighted by molar-refractivity contribution is 0.0937. The van der Waals surface area contributed by atoms with Crippen molar-refractivity contribution in [2.45, 2.75) is 13.2 Å². The molecule has 0 spiro atoms. The Morgan fingerprint density at radius 3 is 2.42 bits per heavy atom. The lowest BCUT2D eigenvalue weighted by Crippen LogP contribution is -2.20. The fraction of sp³-hybridized carbons (Fsp3) is 0.333. The number of hydrogen-bond acceptors (Lipinski definition) is 4. The molecule has 132 valence electrons. The highest BCUT2D eigenvalue weighted by atomic mass is 35.5. The van der Waals surface area contributed by atoms with Gasteiger partial charge in [0.2, 0.25) is 0 Å². The lowest BCUT2D eigenvalue weighted by atomic mass is 10.2. The van der Waals surface area contributed by atoms with E-state index in [9.17, 15) is 0 Å². The Hall–Kier alpha value is -1.30. The van der Waals surface area contributed by atoms with Gasteiger partial charge in [-0.3, -0.25) is 0 Å². The second-order valence-electron chi connectivity index (χ2n) is 5.00. The third kappa shape index (κ3) is 7.07. The topological polar surface area (TPSA) is 50.7 Å². The van der Waals surface area contributed by atoms with Gasteiger partial charge in [-0.1, -0.05) is 48.0 Å². The van der Waals surface area contributed by atoms with Gasteiger partial charge in [-0.15, -0.1) is 12.4 Å². The van der Waals surface area contributed by atoms with E-state index in [1.165, 1.54) is 0 Å². The Labute approximate surface area is 154 Å². The Balaban J connectivity index is 0.00000288. The van der Waals surface area contributed by atoms with E-state index < -0.39 is 0 Å². The summed E-state index contributed by atoms with van der Waals surface area (Å²) >= 11 is 6.15. The number of aliphatic hydroxyl groups is 1. The number of para-hydroxylation sites is 1. The number of benzene rings is 2. The molecular formula is C18H23Cl2NO3. The molecule has 0 amide bonds. The van der Waals surface area contributed by atoms with Crippen molar-refractivity contribution in [2.24, 2.45) is 0 Å². The number of halogens is 2. The molecule has 24 heavy (non-hydrogen) atoms. The summed E-state index contributed by atoms with van der Waals surface area (Å²) in [5.41, 5.74) is 2.05. The smallest absolute Gasteiger partial charge is 0.124 e. The fourth-order valence-electron chi connectivity index (χ4n) is 2.10. The summed E-state index contributed by atoms with van der Waals surface area (Å²) in [5.74, 6) is 0.844. The Morgan fingerprint density at radius 2 is 1.67 bits per heavy atom. The number of hydrogen-bond donors (Lipinski definition) is 2. The zero-order valence-corrected chi connectivity index (χ0v) is 15.0. The van der Waals surface area contributed by atoms with Gasteiger partial charge in [-0.25, -0.2) is 0 Å². The van der Waals surface area contributed by atoms with Crippen molar-refractivity contribution < 1.29 is 14.6 Å². The molecule has 2 aromatic rings. The van der Waals surface area contributed by atoms with E-state index >= 15 is 0 Å². The molecule has 0 radical (unpaired) electrons. The first-order chi connectivity index (χ1) is 11.3. The van der Waals surface area contributed by atoms with Crippen molar-refractivity contribution in [2.75, 3.05) is 26.4 Å². The van der Waals surface area contributed by atoms with Crippen LogP contribution in [0.1, 0.15) is 11.1 Å². The quantitative estimate of drug-likeness (QED) is 0.628. The summed E-state index contributed by atoms with van der Waals surface area (Å²) in [6, 6.07) is 15.6. The average Bonchev–Trinajstić information content (AvgIpc) is 2.58. The number of rotatable bonds is 10. The van der Waals surface area contributed by atoms with E-state index in [-0.39, 0.29) is 19.0 Å². The van der Waals surface area contributed by atoms with Crippen LogP contribution >= 0.6 is 24.0 Å². The highest BCUT2D eigenvalue weighted by molar-refractivity contribution is 6.31. The van der Waals surface area contributed by atoms with Crippen LogP contribution in [0, 0.1) is 0 Å². The first-order valence-electron chi connectivity index (χ1n) is 7.64. The highest BCUT2D eigenvalue weighted by Gasteiger charge is 2.05. The van der Waals surface area contributed by atoms with Crippen LogP contribution in [-0.4, -0.2) is 31.5 Å². The van der Waals surface area contributed by atoms with Crippen molar-refractivity contribution in [3.8, 4) is 5.75 Å². The molecule has 0 aromatic heterocycles. The van der Waals surface area contributed by atoms with Crippen LogP contribution in [0.2, 0.25) is 5.02 Å². The van der Waals surface area contributed by atoms with Crippen LogP contribution in [0.15, 0.2) is 48.5 Å². The van der Waals surface area contributed by atoms with Crippen molar-refractivity contribution in [1.82, 2.24) is 5.32 Å². The number of ether oxygens (including phenoxy) is 2. The maximum Gasteiger partial charge on any atom is 0.124 e. The Morgan fingerprint density at radius 1 is 0.958 bits per heavy atom. The summed E-state index contributed by atoms with van der Waals surface area (Å²) < 4.78 is 11.1. The second-order valence-corrected chi connectivity index (χ2v) is 5.41. The average molecular weight is 372 g/mol. The molecule has 6 heteroatoms. The predicted octanol–water partition coefficient (Wildman–Crippen LogP) is 3.44. The minimum absolute atomic E-state index is 0.